The highest BCUT2D eigenvalue weighted by molar-refractivity contribution is 6.29. The van der Waals surface area contributed by atoms with Crippen LogP contribution in [-0.2, 0) is 0 Å². The molecule has 1 fully saturated rings. The maximum absolute atomic E-state index is 9.51. The molecule has 4 heteroatoms. The number of nitrogens with zero attached hydrogens (tertiary/aromatic N) is 2. The summed E-state index contributed by atoms with van der Waals surface area (Å²) in [6.07, 6.45) is 1.66. The van der Waals surface area contributed by atoms with Crippen molar-refractivity contribution in [1.82, 2.24) is 4.98 Å². The molecule has 0 radical (unpaired) electrons. The lowest BCUT2D eigenvalue weighted by Crippen LogP contribution is -2.38. The minimum Gasteiger partial charge on any atom is -0.391 e. The number of aliphatic hydroxyl groups is 1. The van der Waals surface area contributed by atoms with Crippen LogP contribution >= 0.6 is 11.6 Å². The van der Waals surface area contributed by atoms with Crippen LogP contribution in [0, 0.1) is 0 Å². The van der Waals surface area contributed by atoms with Crippen molar-refractivity contribution in [2.75, 3.05) is 18.0 Å². The Hall–Kier alpha value is -0.800. The lowest BCUT2D eigenvalue weighted by atomic mass is 10.1. The fraction of sp³-hybridized carbons (Fsp3) is 0.500. The molecule has 0 amide bonds. The standard InChI is InChI=1S/C10H13ClN2O/c11-9-4-1-5-10(12-9)13-6-2-3-8(14)7-13/h1,4-5,8,14H,2-3,6-7H2. The van der Waals surface area contributed by atoms with Crippen LogP contribution in [0.5, 0.6) is 0 Å². The maximum Gasteiger partial charge on any atom is 0.131 e. The average Bonchev–Trinajstić information content (AvgIpc) is 2.18. The number of aromatic nitrogens is 1. The van der Waals surface area contributed by atoms with E-state index in [0.29, 0.717) is 11.7 Å². The van der Waals surface area contributed by atoms with Gasteiger partial charge in [0.2, 0.25) is 0 Å². The van der Waals surface area contributed by atoms with Crippen LogP contribution in [0.2, 0.25) is 5.15 Å². The summed E-state index contributed by atoms with van der Waals surface area (Å²) in [7, 11) is 0. The number of hydrogen-bond acceptors (Lipinski definition) is 3. The molecular weight excluding hydrogens is 200 g/mol. The van der Waals surface area contributed by atoms with Gasteiger partial charge in [-0.15, -0.1) is 0 Å². The third kappa shape index (κ3) is 2.16. The van der Waals surface area contributed by atoms with Crippen molar-refractivity contribution in [2.45, 2.75) is 18.9 Å². The summed E-state index contributed by atoms with van der Waals surface area (Å²) in [6, 6.07) is 5.56. The van der Waals surface area contributed by atoms with Crippen LogP contribution < -0.4 is 4.90 Å². The molecule has 0 aromatic carbocycles. The van der Waals surface area contributed by atoms with Crippen molar-refractivity contribution in [3.63, 3.8) is 0 Å². The molecule has 3 nitrogen and oxygen atoms in total. The third-order valence-electron chi connectivity index (χ3n) is 2.42. The predicted octanol–water partition coefficient (Wildman–Crippen LogP) is 1.70. The van der Waals surface area contributed by atoms with Crippen LogP contribution in [-0.4, -0.2) is 29.3 Å². The summed E-state index contributed by atoms with van der Waals surface area (Å²) < 4.78 is 0. The highest BCUT2D eigenvalue weighted by Crippen LogP contribution is 2.19. The summed E-state index contributed by atoms with van der Waals surface area (Å²) in [5.41, 5.74) is 0. The largest absolute Gasteiger partial charge is 0.391 e. The van der Waals surface area contributed by atoms with Gasteiger partial charge in [0.1, 0.15) is 11.0 Å². The minimum atomic E-state index is -0.232. The van der Waals surface area contributed by atoms with Gasteiger partial charge in [-0.2, -0.15) is 0 Å². The highest BCUT2D eigenvalue weighted by atomic mass is 35.5. The summed E-state index contributed by atoms with van der Waals surface area (Å²) in [5, 5.41) is 10.0. The molecule has 2 rings (SSSR count). The Bertz CT molecular complexity index is 319. The van der Waals surface area contributed by atoms with Gasteiger partial charge in [-0.3, -0.25) is 0 Å². The second-order valence-electron chi connectivity index (χ2n) is 3.56. The van der Waals surface area contributed by atoms with Gasteiger partial charge in [-0.05, 0) is 25.0 Å². The van der Waals surface area contributed by atoms with Crippen molar-refractivity contribution in [3.8, 4) is 0 Å². The number of hydrogen-bond donors (Lipinski definition) is 1. The van der Waals surface area contributed by atoms with E-state index in [0.717, 1.165) is 25.2 Å². The van der Waals surface area contributed by atoms with Gasteiger partial charge in [0.25, 0.3) is 0 Å². The molecule has 0 aliphatic carbocycles. The molecule has 0 saturated carbocycles. The maximum atomic E-state index is 9.51. The van der Waals surface area contributed by atoms with Crippen LogP contribution in [0.3, 0.4) is 0 Å². The molecule has 1 aliphatic heterocycles. The lowest BCUT2D eigenvalue weighted by molar-refractivity contribution is 0.154. The predicted molar refractivity (Wildman–Crippen MR) is 56.7 cm³/mol. The molecule has 0 bridgehead atoms. The van der Waals surface area contributed by atoms with Crippen molar-refractivity contribution < 1.29 is 5.11 Å². The number of aliphatic hydroxyl groups excluding tert-OH is 1. The first-order valence-electron chi connectivity index (χ1n) is 4.81. The number of halogens is 1. The Morgan fingerprint density at radius 3 is 3.07 bits per heavy atom. The van der Waals surface area contributed by atoms with Crippen molar-refractivity contribution in [3.05, 3.63) is 23.4 Å². The number of rotatable bonds is 1. The number of anilines is 1. The molecule has 1 N–H and O–H groups in total. The monoisotopic (exact) mass is 212 g/mol. The quantitative estimate of drug-likeness (QED) is 0.720. The van der Waals surface area contributed by atoms with E-state index >= 15 is 0 Å². The van der Waals surface area contributed by atoms with E-state index in [-0.39, 0.29) is 6.10 Å². The topological polar surface area (TPSA) is 36.4 Å². The molecular formula is C10H13ClN2O. The Balaban J connectivity index is 2.14. The fourth-order valence-electron chi connectivity index (χ4n) is 1.74. The van der Waals surface area contributed by atoms with Crippen LogP contribution in [0.15, 0.2) is 18.2 Å². The first-order chi connectivity index (χ1) is 6.75. The number of piperidine rings is 1. The summed E-state index contributed by atoms with van der Waals surface area (Å²) in [5.74, 6) is 0.858. The van der Waals surface area contributed by atoms with Crippen molar-refractivity contribution >= 4 is 17.4 Å². The molecule has 1 atom stereocenters. The van der Waals surface area contributed by atoms with E-state index in [9.17, 15) is 5.11 Å². The van der Waals surface area contributed by atoms with Crippen LogP contribution in [0.1, 0.15) is 12.8 Å². The van der Waals surface area contributed by atoms with E-state index in [1.54, 1.807) is 6.07 Å². The number of pyridine rings is 1. The zero-order chi connectivity index (χ0) is 9.97. The molecule has 1 unspecified atom stereocenters. The van der Waals surface area contributed by atoms with Gasteiger partial charge in [-0.25, -0.2) is 4.98 Å². The van der Waals surface area contributed by atoms with Gasteiger partial charge >= 0.3 is 0 Å². The van der Waals surface area contributed by atoms with E-state index in [2.05, 4.69) is 9.88 Å². The summed E-state index contributed by atoms with van der Waals surface area (Å²) >= 11 is 5.80. The summed E-state index contributed by atoms with van der Waals surface area (Å²) in [6.45, 7) is 1.61. The minimum absolute atomic E-state index is 0.232. The molecule has 1 aliphatic rings. The molecule has 1 aromatic heterocycles. The Labute approximate surface area is 88.3 Å². The molecule has 0 spiro atoms. The molecule has 14 heavy (non-hydrogen) atoms. The molecule has 1 saturated heterocycles. The smallest absolute Gasteiger partial charge is 0.131 e. The normalized spacial score (nSPS) is 22.4. The SMILES string of the molecule is OC1CCCN(c2cccc(Cl)n2)C1. The first kappa shape index (κ1) is 9.74. The van der Waals surface area contributed by atoms with E-state index < -0.39 is 0 Å². The van der Waals surface area contributed by atoms with Crippen LogP contribution in [0.4, 0.5) is 5.82 Å². The second kappa shape index (κ2) is 4.15. The third-order valence-corrected chi connectivity index (χ3v) is 2.63. The molecule has 76 valence electrons. The second-order valence-corrected chi connectivity index (χ2v) is 3.95. The average molecular weight is 213 g/mol. The lowest BCUT2D eigenvalue weighted by Gasteiger charge is -2.30. The highest BCUT2D eigenvalue weighted by Gasteiger charge is 2.18. The van der Waals surface area contributed by atoms with Crippen LogP contribution in [0.25, 0.3) is 0 Å². The molecule has 2 heterocycles. The van der Waals surface area contributed by atoms with Crippen molar-refractivity contribution in [1.29, 1.82) is 0 Å². The van der Waals surface area contributed by atoms with Gasteiger partial charge in [0, 0.05) is 13.1 Å². The number of β-amino-alcohol motifs (C(OH)–C–C–N with tert-alkyl or cyclic N) is 1. The van der Waals surface area contributed by atoms with Gasteiger partial charge in [-0.1, -0.05) is 17.7 Å². The first-order valence-corrected chi connectivity index (χ1v) is 5.19. The summed E-state index contributed by atoms with van der Waals surface area (Å²) in [4.78, 5) is 6.28. The van der Waals surface area contributed by atoms with E-state index in [1.807, 2.05) is 12.1 Å². The zero-order valence-corrected chi connectivity index (χ0v) is 8.61. The van der Waals surface area contributed by atoms with Gasteiger partial charge in [0.15, 0.2) is 0 Å². The Morgan fingerprint density at radius 2 is 2.36 bits per heavy atom. The van der Waals surface area contributed by atoms with Gasteiger partial charge in [0.05, 0.1) is 6.10 Å². The van der Waals surface area contributed by atoms with Crippen molar-refractivity contribution in [2.24, 2.45) is 0 Å². The Kier molecular flexibility index (Phi) is 2.89. The Morgan fingerprint density at radius 1 is 1.50 bits per heavy atom. The van der Waals surface area contributed by atoms with E-state index in [4.69, 9.17) is 11.6 Å². The fourth-order valence-corrected chi connectivity index (χ4v) is 1.90. The zero-order valence-electron chi connectivity index (χ0n) is 7.86. The molecule has 1 aromatic rings. The van der Waals surface area contributed by atoms with E-state index in [1.165, 1.54) is 0 Å². The van der Waals surface area contributed by atoms with Gasteiger partial charge < -0.3 is 10.0 Å².